The number of fused-ring (bicyclic) bond motifs is 1. The van der Waals surface area contributed by atoms with E-state index in [-0.39, 0.29) is 0 Å². The number of carboxylic acid groups (broad SMARTS) is 1. The van der Waals surface area contributed by atoms with Crippen LogP contribution in [0, 0.1) is 6.92 Å². The minimum absolute atomic E-state index is 0.295. The molecule has 1 N–H and O–H groups in total. The highest BCUT2D eigenvalue weighted by molar-refractivity contribution is 5.79. The Morgan fingerprint density at radius 3 is 2.77 bits per heavy atom. The van der Waals surface area contributed by atoms with Crippen molar-refractivity contribution in [2.45, 2.75) is 25.4 Å². The molecule has 2 aliphatic rings. The molecule has 4 heterocycles. The zero-order valence-corrected chi connectivity index (χ0v) is 15.3. The molecule has 0 radical (unpaired) electrons. The topological polar surface area (TPSA) is 83.7 Å². The lowest BCUT2D eigenvalue weighted by Crippen LogP contribution is -2.61. The van der Waals surface area contributed by atoms with Gasteiger partial charge in [-0.3, -0.25) is 19.3 Å². The van der Waals surface area contributed by atoms with E-state index < -0.39 is 11.5 Å². The fourth-order valence-electron chi connectivity index (χ4n) is 4.14. The molecular weight excluding hydrogens is 334 g/mol. The quantitative estimate of drug-likeness (QED) is 0.857. The van der Waals surface area contributed by atoms with Crippen LogP contribution in [0.2, 0.25) is 0 Å². The molecule has 0 spiro atoms. The third kappa shape index (κ3) is 2.87. The average molecular weight is 359 g/mol. The van der Waals surface area contributed by atoms with Crippen LogP contribution in [0.15, 0.2) is 12.3 Å². The van der Waals surface area contributed by atoms with Crippen molar-refractivity contribution in [2.24, 2.45) is 7.05 Å². The van der Waals surface area contributed by atoms with Crippen molar-refractivity contribution < 1.29 is 14.6 Å². The molecule has 2 aromatic heterocycles. The van der Waals surface area contributed by atoms with Crippen LogP contribution in [-0.2, 0) is 23.1 Å². The molecule has 1 unspecified atom stereocenters. The average Bonchev–Trinajstić information content (AvgIpc) is 3.22. The van der Waals surface area contributed by atoms with Crippen molar-refractivity contribution >= 4 is 17.0 Å². The van der Waals surface area contributed by atoms with Crippen molar-refractivity contribution in [3.63, 3.8) is 0 Å². The number of rotatable bonds is 4. The Balaban J connectivity index is 1.42. The van der Waals surface area contributed by atoms with E-state index >= 15 is 0 Å². The number of carbonyl (C=O) groups is 1. The van der Waals surface area contributed by atoms with Gasteiger partial charge in [-0.1, -0.05) is 0 Å². The van der Waals surface area contributed by atoms with Gasteiger partial charge in [-0.05, 0) is 18.6 Å². The highest BCUT2D eigenvalue weighted by atomic mass is 16.5. The van der Waals surface area contributed by atoms with Crippen molar-refractivity contribution in [1.29, 1.82) is 0 Å². The molecule has 0 aliphatic carbocycles. The molecule has 2 fully saturated rings. The Labute approximate surface area is 152 Å². The van der Waals surface area contributed by atoms with E-state index in [1.807, 2.05) is 24.9 Å². The van der Waals surface area contributed by atoms with Gasteiger partial charge in [0.1, 0.15) is 5.54 Å². The molecular formula is C18H25N5O3. The Kier molecular flexibility index (Phi) is 4.42. The Morgan fingerprint density at radius 2 is 2.12 bits per heavy atom. The summed E-state index contributed by atoms with van der Waals surface area (Å²) in [7, 11) is 1.91. The van der Waals surface area contributed by atoms with E-state index in [9.17, 15) is 9.90 Å². The van der Waals surface area contributed by atoms with Crippen molar-refractivity contribution in [3.8, 4) is 0 Å². The maximum Gasteiger partial charge on any atom is 0.326 e. The summed E-state index contributed by atoms with van der Waals surface area (Å²) in [5.41, 5.74) is 2.23. The number of carboxylic acids is 1. The molecule has 2 saturated heterocycles. The normalized spacial score (nSPS) is 25.2. The molecule has 8 heteroatoms. The van der Waals surface area contributed by atoms with E-state index in [4.69, 9.17) is 4.74 Å². The molecule has 2 aromatic rings. The predicted octanol–water partition coefficient (Wildman–Crippen LogP) is 0.638. The lowest BCUT2D eigenvalue weighted by atomic mass is 9.95. The summed E-state index contributed by atoms with van der Waals surface area (Å²) >= 11 is 0. The monoisotopic (exact) mass is 359 g/mol. The van der Waals surface area contributed by atoms with E-state index in [0.29, 0.717) is 19.6 Å². The summed E-state index contributed by atoms with van der Waals surface area (Å²) < 4.78 is 7.21. The van der Waals surface area contributed by atoms with Crippen LogP contribution in [-0.4, -0.2) is 80.6 Å². The third-order valence-corrected chi connectivity index (χ3v) is 5.70. The standard InChI is InChI=1S/C18H25N5O3/c1-13-15-9-14(10-19-16(15)21(2)20-13)11-22-4-6-23(7-5-22)18(17(24)25)3-8-26-12-18/h9-10H,3-8,11-12H2,1-2H3,(H,24,25). The van der Waals surface area contributed by atoms with Crippen LogP contribution >= 0.6 is 0 Å². The third-order valence-electron chi connectivity index (χ3n) is 5.70. The summed E-state index contributed by atoms with van der Waals surface area (Å²) in [5.74, 6) is -0.759. The van der Waals surface area contributed by atoms with Crippen molar-refractivity contribution in [1.82, 2.24) is 24.6 Å². The van der Waals surface area contributed by atoms with Gasteiger partial charge in [-0.2, -0.15) is 5.10 Å². The zero-order chi connectivity index (χ0) is 18.3. The number of aliphatic carboxylic acids is 1. The smallest absolute Gasteiger partial charge is 0.326 e. The highest BCUT2D eigenvalue weighted by Gasteiger charge is 2.48. The van der Waals surface area contributed by atoms with Gasteiger partial charge in [0.2, 0.25) is 0 Å². The Hall–Kier alpha value is -2.03. The first kappa shape index (κ1) is 17.4. The van der Waals surface area contributed by atoms with Crippen LogP contribution < -0.4 is 0 Å². The first-order chi connectivity index (χ1) is 12.5. The summed E-state index contributed by atoms with van der Waals surface area (Å²) in [6.45, 7) is 6.84. The second kappa shape index (κ2) is 6.61. The number of hydrogen-bond donors (Lipinski definition) is 1. The lowest BCUT2D eigenvalue weighted by Gasteiger charge is -2.42. The van der Waals surface area contributed by atoms with E-state index in [1.165, 1.54) is 5.56 Å². The van der Waals surface area contributed by atoms with Gasteiger partial charge in [0.05, 0.1) is 12.3 Å². The van der Waals surface area contributed by atoms with Crippen molar-refractivity contribution in [3.05, 3.63) is 23.5 Å². The number of piperazine rings is 1. The maximum absolute atomic E-state index is 11.8. The van der Waals surface area contributed by atoms with Gasteiger partial charge in [0, 0.05) is 64.4 Å². The molecule has 0 saturated carbocycles. The molecule has 0 bridgehead atoms. The number of ether oxygens (including phenoxy) is 1. The van der Waals surface area contributed by atoms with E-state index in [2.05, 4.69) is 25.9 Å². The number of nitrogens with zero attached hydrogens (tertiary/aromatic N) is 5. The van der Waals surface area contributed by atoms with Crippen LogP contribution in [0.1, 0.15) is 17.7 Å². The molecule has 0 aromatic carbocycles. The SMILES string of the molecule is Cc1nn(C)c2ncc(CN3CCN(C4(C(=O)O)CCOC4)CC3)cc12. The Morgan fingerprint density at radius 1 is 1.35 bits per heavy atom. The highest BCUT2D eigenvalue weighted by Crippen LogP contribution is 2.28. The molecule has 1 atom stereocenters. The van der Waals surface area contributed by atoms with Gasteiger partial charge in [0.25, 0.3) is 0 Å². The first-order valence-electron chi connectivity index (χ1n) is 9.06. The number of pyridine rings is 1. The van der Waals surface area contributed by atoms with Crippen LogP contribution in [0.4, 0.5) is 0 Å². The summed E-state index contributed by atoms with van der Waals surface area (Å²) in [6, 6.07) is 2.17. The summed E-state index contributed by atoms with van der Waals surface area (Å²) in [6.07, 6.45) is 2.49. The Bertz CT molecular complexity index is 820. The van der Waals surface area contributed by atoms with Gasteiger partial charge in [0.15, 0.2) is 5.65 Å². The summed E-state index contributed by atoms with van der Waals surface area (Å²) in [5, 5.41) is 15.2. The van der Waals surface area contributed by atoms with Gasteiger partial charge < -0.3 is 9.84 Å². The van der Waals surface area contributed by atoms with Crippen LogP contribution in [0.25, 0.3) is 11.0 Å². The predicted molar refractivity (Wildman–Crippen MR) is 95.9 cm³/mol. The van der Waals surface area contributed by atoms with E-state index in [1.54, 1.807) is 0 Å². The van der Waals surface area contributed by atoms with Gasteiger partial charge in [-0.25, -0.2) is 4.98 Å². The fraction of sp³-hybridized carbons (Fsp3) is 0.611. The minimum atomic E-state index is -0.834. The fourth-order valence-corrected chi connectivity index (χ4v) is 4.14. The first-order valence-corrected chi connectivity index (χ1v) is 9.06. The van der Waals surface area contributed by atoms with Crippen molar-refractivity contribution in [2.75, 3.05) is 39.4 Å². The van der Waals surface area contributed by atoms with Crippen LogP contribution in [0.3, 0.4) is 0 Å². The molecule has 140 valence electrons. The molecule has 8 nitrogen and oxygen atoms in total. The number of aryl methyl sites for hydroxylation is 2. The van der Waals surface area contributed by atoms with Gasteiger partial charge in [-0.15, -0.1) is 0 Å². The molecule has 4 rings (SSSR count). The molecule has 26 heavy (non-hydrogen) atoms. The minimum Gasteiger partial charge on any atom is -0.480 e. The molecule has 2 aliphatic heterocycles. The van der Waals surface area contributed by atoms with Crippen LogP contribution in [0.5, 0.6) is 0 Å². The van der Waals surface area contributed by atoms with E-state index in [0.717, 1.165) is 49.5 Å². The zero-order valence-electron chi connectivity index (χ0n) is 15.3. The number of hydrogen-bond acceptors (Lipinski definition) is 6. The second-order valence-corrected chi connectivity index (χ2v) is 7.33. The largest absolute Gasteiger partial charge is 0.480 e. The van der Waals surface area contributed by atoms with Gasteiger partial charge >= 0.3 is 5.97 Å². The number of aromatic nitrogens is 3. The summed E-state index contributed by atoms with van der Waals surface area (Å²) in [4.78, 5) is 20.8. The second-order valence-electron chi connectivity index (χ2n) is 7.33. The lowest BCUT2D eigenvalue weighted by molar-refractivity contribution is -0.153. The maximum atomic E-state index is 11.8. The molecule has 0 amide bonds.